The number of amides is 1. The minimum absolute atomic E-state index is 0.113. The third-order valence-corrected chi connectivity index (χ3v) is 4.16. The molecule has 1 aliphatic rings. The van der Waals surface area contributed by atoms with Crippen LogP contribution in [0.5, 0.6) is 5.88 Å². The van der Waals surface area contributed by atoms with E-state index in [2.05, 4.69) is 20.3 Å². The first-order chi connectivity index (χ1) is 14.2. The summed E-state index contributed by atoms with van der Waals surface area (Å²) in [7, 11) is 0. The molecule has 0 bridgehead atoms. The fourth-order valence-corrected chi connectivity index (χ4v) is 2.77. The van der Waals surface area contributed by atoms with Gasteiger partial charge in [0.05, 0.1) is 12.2 Å². The highest BCUT2D eigenvalue weighted by atomic mass is 35.5. The molecule has 0 aromatic carbocycles. The number of carbonyl (C=O) groups is 1. The van der Waals surface area contributed by atoms with E-state index in [0.717, 1.165) is 18.3 Å². The van der Waals surface area contributed by atoms with Gasteiger partial charge in [-0.15, -0.1) is 0 Å². The quantitative estimate of drug-likeness (QED) is 0.745. The molecule has 9 nitrogen and oxygen atoms in total. The van der Waals surface area contributed by atoms with Crippen LogP contribution in [0.2, 0.25) is 5.02 Å². The molecule has 0 saturated carbocycles. The molecule has 2 aromatic rings. The average Bonchev–Trinajstić information content (AvgIpc) is 2.70. The van der Waals surface area contributed by atoms with Gasteiger partial charge in [0.1, 0.15) is 40.9 Å². The van der Waals surface area contributed by atoms with Crippen LogP contribution in [0.3, 0.4) is 0 Å². The molecular formula is C17H12ClF3N6O3. The molecule has 1 unspecified atom stereocenters. The Morgan fingerprint density at radius 2 is 2.23 bits per heavy atom. The van der Waals surface area contributed by atoms with Gasteiger partial charge in [-0.25, -0.2) is 32.9 Å². The normalized spacial score (nSPS) is 18.5. The fourth-order valence-electron chi connectivity index (χ4n) is 2.56. The molecule has 1 aliphatic heterocycles. The van der Waals surface area contributed by atoms with Crippen LogP contribution in [0, 0.1) is 17.1 Å². The predicted molar refractivity (Wildman–Crippen MR) is 97.9 cm³/mol. The second-order valence-electron chi connectivity index (χ2n) is 5.99. The number of halogens is 4. The number of rotatable bonds is 4. The summed E-state index contributed by atoms with van der Waals surface area (Å²) in [5, 5.41) is 10.8. The summed E-state index contributed by atoms with van der Waals surface area (Å²) in [6, 6.07) is 4.89. The number of aromatic nitrogens is 2. The number of nitrogens with one attached hydrogen (secondary N) is 1. The number of hydrogen-bond acceptors (Lipinski definition) is 8. The minimum atomic E-state index is -3.19. The number of carbonyl (C=O) groups excluding carboxylic acids is 1. The number of hydrogen-bond donors (Lipinski definition) is 2. The summed E-state index contributed by atoms with van der Waals surface area (Å²) in [6.07, 6.45) is -3.20. The monoisotopic (exact) mass is 440 g/mol. The zero-order valence-corrected chi connectivity index (χ0v) is 15.7. The van der Waals surface area contributed by atoms with Gasteiger partial charge in [-0.3, -0.25) is 5.32 Å². The molecule has 1 amide bonds. The molecular weight excluding hydrogens is 429 g/mol. The second-order valence-corrected chi connectivity index (χ2v) is 6.39. The van der Waals surface area contributed by atoms with Crippen molar-refractivity contribution in [2.45, 2.75) is 12.0 Å². The maximum absolute atomic E-state index is 14.3. The van der Waals surface area contributed by atoms with Crippen molar-refractivity contribution in [2.24, 2.45) is 10.7 Å². The molecule has 30 heavy (non-hydrogen) atoms. The third kappa shape index (κ3) is 4.27. The van der Waals surface area contributed by atoms with Crippen LogP contribution >= 0.6 is 11.6 Å². The average molecular weight is 441 g/mol. The smallest absolute Gasteiger partial charge is 0.389 e. The van der Waals surface area contributed by atoms with Crippen molar-refractivity contribution in [2.75, 3.05) is 18.5 Å². The Labute approximate surface area is 172 Å². The standard InChI is InChI=1S/C17H12ClF3N6O3/c18-9-3-8(4-22)5-24-14(9)30-16(28)26-12-2-1-10(19)13(25-12)17(15(20)21)7-29-6-11(23)27-17/h1-3,5,15H,6-7H2,(H2,23,27)(H,25,26,28). The van der Waals surface area contributed by atoms with Crippen LogP contribution in [0.4, 0.5) is 23.8 Å². The molecule has 156 valence electrons. The summed E-state index contributed by atoms with van der Waals surface area (Å²) < 4.78 is 51.8. The molecule has 3 heterocycles. The van der Waals surface area contributed by atoms with Crippen molar-refractivity contribution in [1.82, 2.24) is 9.97 Å². The van der Waals surface area contributed by atoms with Crippen molar-refractivity contribution < 1.29 is 27.4 Å². The van der Waals surface area contributed by atoms with Gasteiger partial charge in [0, 0.05) is 6.20 Å². The second kappa shape index (κ2) is 8.52. The molecule has 0 spiro atoms. The number of anilines is 1. The van der Waals surface area contributed by atoms with Gasteiger partial charge in [0.15, 0.2) is 5.54 Å². The Balaban J connectivity index is 1.86. The number of ether oxygens (including phenoxy) is 2. The van der Waals surface area contributed by atoms with E-state index in [4.69, 9.17) is 32.1 Å². The van der Waals surface area contributed by atoms with Gasteiger partial charge in [0.25, 0.3) is 6.43 Å². The van der Waals surface area contributed by atoms with Crippen molar-refractivity contribution in [3.63, 3.8) is 0 Å². The number of nitriles is 1. The largest absolute Gasteiger partial charge is 0.419 e. The van der Waals surface area contributed by atoms with E-state index in [1.165, 1.54) is 6.07 Å². The van der Waals surface area contributed by atoms with E-state index in [0.29, 0.717) is 0 Å². The Morgan fingerprint density at radius 1 is 1.47 bits per heavy atom. The highest BCUT2D eigenvalue weighted by Crippen LogP contribution is 2.36. The molecule has 0 saturated heterocycles. The first-order valence-corrected chi connectivity index (χ1v) is 8.54. The lowest BCUT2D eigenvalue weighted by molar-refractivity contribution is -0.0168. The predicted octanol–water partition coefficient (Wildman–Crippen LogP) is 2.60. The summed E-state index contributed by atoms with van der Waals surface area (Å²) in [5.41, 5.74) is 2.41. The maximum atomic E-state index is 14.3. The van der Waals surface area contributed by atoms with E-state index < -0.39 is 36.2 Å². The third-order valence-electron chi connectivity index (χ3n) is 3.89. The fraction of sp³-hybridized carbons (Fsp3) is 0.235. The lowest BCUT2D eigenvalue weighted by Crippen LogP contribution is -2.46. The Bertz CT molecular complexity index is 1060. The van der Waals surface area contributed by atoms with E-state index in [-0.39, 0.29) is 34.7 Å². The Hall–Kier alpha value is -3.43. The van der Waals surface area contributed by atoms with E-state index in [9.17, 15) is 18.0 Å². The van der Waals surface area contributed by atoms with Gasteiger partial charge in [0.2, 0.25) is 5.88 Å². The first-order valence-electron chi connectivity index (χ1n) is 8.17. The number of amidine groups is 1. The van der Waals surface area contributed by atoms with E-state index in [1.807, 2.05) is 0 Å². The van der Waals surface area contributed by atoms with Crippen LogP contribution in [0.1, 0.15) is 11.3 Å². The van der Waals surface area contributed by atoms with Crippen LogP contribution in [-0.4, -0.2) is 41.5 Å². The highest BCUT2D eigenvalue weighted by Gasteiger charge is 2.47. The zero-order chi connectivity index (χ0) is 21.9. The van der Waals surface area contributed by atoms with Gasteiger partial charge in [-0.1, -0.05) is 11.6 Å². The summed E-state index contributed by atoms with van der Waals surface area (Å²) in [4.78, 5) is 23.2. The Morgan fingerprint density at radius 3 is 2.87 bits per heavy atom. The summed E-state index contributed by atoms with van der Waals surface area (Å²) in [5.74, 6) is -1.95. The number of pyridine rings is 2. The molecule has 0 radical (unpaired) electrons. The molecule has 13 heteroatoms. The number of alkyl halides is 2. The molecule has 2 aromatic heterocycles. The highest BCUT2D eigenvalue weighted by molar-refractivity contribution is 6.32. The molecule has 3 N–H and O–H groups in total. The van der Waals surface area contributed by atoms with Crippen LogP contribution in [0.15, 0.2) is 29.4 Å². The van der Waals surface area contributed by atoms with Crippen molar-refractivity contribution in [3.8, 4) is 11.9 Å². The van der Waals surface area contributed by atoms with Crippen LogP contribution in [-0.2, 0) is 10.3 Å². The van der Waals surface area contributed by atoms with Gasteiger partial charge in [-0.05, 0) is 18.2 Å². The van der Waals surface area contributed by atoms with Crippen molar-refractivity contribution in [3.05, 3.63) is 46.5 Å². The van der Waals surface area contributed by atoms with Crippen LogP contribution in [0.25, 0.3) is 0 Å². The number of nitrogens with zero attached hydrogens (tertiary/aromatic N) is 4. The molecule has 3 rings (SSSR count). The van der Waals surface area contributed by atoms with Crippen LogP contribution < -0.4 is 15.8 Å². The number of aliphatic imine (C=N–C) groups is 1. The zero-order valence-electron chi connectivity index (χ0n) is 14.9. The summed E-state index contributed by atoms with van der Waals surface area (Å²) >= 11 is 5.86. The molecule has 1 atom stereocenters. The molecule has 0 aliphatic carbocycles. The molecule has 0 fully saturated rings. The minimum Gasteiger partial charge on any atom is -0.389 e. The Kier molecular flexibility index (Phi) is 6.04. The van der Waals surface area contributed by atoms with Crippen molar-refractivity contribution >= 4 is 29.3 Å². The van der Waals surface area contributed by atoms with Gasteiger partial charge >= 0.3 is 6.09 Å². The maximum Gasteiger partial charge on any atom is 0.419 e. The summed E-state index contributed by atoms with van der Waals surface area (Å²) in [6.45, 7) is -0.841. The first kappa shape index (κ1) is 21.3. The topological polar surface area (TPSA) is 136 Å². The lowest BCUT2D eigenvalue weighted by atomic mass is 9.95. The van der Waals surface area contributed by atoms with E-state index >= 15 is 0 Å². The van der Waals surface area contributed by atoms with Crippen molar-refractivity contribution in [1.29, 1.82) is 5.26 Å². The van der Waals surface area contributed by atoms with Gasteiger partial charge in [-0.2, -0.15) is 5.26 Å². The number of nitrogens with two attached hydrogens (primary N) is 1. The SMILES string of the molecule is N#Cc1cnc(OC(=O)Nc2ccc(F)c(C3(C(F)F)COCC(N)=N3)n2)c(Cl)c1. The lowest BCUT2D eigenvalue weighted by Gasteiger charge is -2.32. The van der Waals surface area contributed by atoms with E-state index in [1.54, 1.807) is 6.07 Å². The van der Waals surface area contributed by atoms with Gasteiger partial charge < -0.3 is 15.2 Å².